The van der Waals surface area contributed by atoms with Crippen molar-refractivity contribution in [2.75, 3.05) is 25.0 Å². The molecule has 1 saturated heterocycles. The van der Waals surface area contributed by atoms with Gasteiger partial charge in [0.1, 0.15) is 0 Å². The lowest BCUT2D eigenvalue weighted by Gasteiger charge is -2.40. The first-order valence-corrected chi connectivity index (χ1v) is 7.40. The number of hydrogen-bond donors (Lipinski definition) is 2. The Morgan fingerprint density at radius 2 is 2.04 bits per heavy atom. The maximum absolute atomic E-state index is 13.0. The van der Waals surface area contributed by atoms with Gasteiger partial charge >= 0.3 is 6.29 Å². The number of amides is 2. The van der Waals surface area contributed by atoms with Crippen molar-refractivity contribution in [1.29, 1.82) is 0 Å². The topological polar surface area (TPSA) is 79.9 Å². The van der Waals surface area contributed by atoms with E-state index in [4.69, 9.17) is 0 Å². The predicted octanol–water partition coefficient (Wildman–Crippen LogP) is 1.16. The molecule has 2 aliphatic heterocycles. The second-order valence-electron chi connectivity index (χ2n) is 6.11. The summed E-state index contributed by atoms with van der Waals surface area (Å²) in [4.78, 5) is 25.8. The number of rotatable bonds is 3. The molecule has 130 valence electrons. The SMILES string of the molecule is CC1(C)C(=O)NCCN1CC(=O)Nc1ccc2c(c1)OC(F)(F)O2. The number of carbonyl (C=O) groups is 2. The molecule has 0 saturated carbocycles. The van der Waals surface area contributed by atoms with Crippen LogP contribution in [-0.4, -0.2) is 48.2 Å². The molecule has 9 heteroatoms. The molecule has 0 aliphatic carbocycles. The van der Waals surface area contributed by atoms with E-state index in [1.165, 1.54) is 18.2 Å². The second kappa shape index (κ2) is 5.59. The van der Waals surface area contributed by atoms with Gasteiger partial charge in [-0.25, -0.2) is 0 Å². The Balaban J connectivity index is 1.65. The number of fused-ring (bicyclic) bond motifs is 1. The summed E-state index contributed by atoms with van der Waals surface area (Å²) in [6.07, 6.45) is -3.70. The van der Waals surface area contributed by atoms with Gasteiger partial charge in [-0.15, -0.1) is 8.78 Å². The molecule has 2 N–H and O–H groups in total. The number of anilines is 1. The lowest BCUT2D eigenvalue weighted by atomic mass is 9.99. The smallest absolute Gasteiger partial charge is 0.395 e. The minimum absolute atomic E-state index is 0.00498. The van der Waals surface area contributed by atoms with Crippen molar-refractivity contribution < 1.29 is 27.8 Å². The van der Waals surface area contributed by atoms with E-state index in [2.05, 4.69) is 20.1 Å². The number of carbonyl (C=O) groups excluding carboxylic acids is 2. The largest absolute Gasteiger partial charge is 0.586 e. The molecule has 3 rings (SSSR count). The lowest BCUT2D eigenvalue weighted by molar-refractivity contribution is -0.286. The fourth-order valence-electron chi connectivity index (χ4n) is 2.62. The molecule has 0 unspecified atom stereocenters. The van der Waals surface area contributed by atoms with Crippen molar-refractivity contribution in [1.82, 2.24) is 10.2 Å². The first-order chi connectivity index (χ1) is 11.2. The van der Waals surface area contributed by atoms with Gasteiger partial charge in [-0.3, -0.25) is 14.5 Å². The van der Waals surface area contributed by atoms with E-state index in [1.807, 2.05) is 0 Å². The van der Waals surface area contributed by atoms with Crippen molar-refractivity contribution in [2.24, 2.45) is 0 Å². The molecule has 1 fully saturated rings. The summed E-state index contributed by atoms with van der Waals surface area (Å²) in [5.41, 5.74) is -0.494. The third-order valence-corrected chi connectivity index (χ3v) is 4.03. The number of hydrogen-bond acceptors (Lipinski definition) is 5. The lowest BCUT2D eigenvalue weighted by Crippen LogP contribution is -2.62. The summed E-state index contributed by atoms with van der Waals surface area (Å²) in [5, 5.41) is 5.35. The van der Waals surface area contributed by atoms with Crippen LogP contribution in [0.5, 0.6) is 11.5 Å². The Morgan fingerprint density at radius 3 is 2.79 bits per heavy atom. The Labute approximate surface area is 136 Å². The second-order valence-corrected chi connectivity index (χ2v) is 6.11. The van der Waals surface area contributed by atoms with Crippen LogP contribution in [0.1, 0.15) is 13.8 Å². The third kappa shape index (κ3) is 3.12. The van der Waals surface area contributed by atoms with Gasteiger partial charge in [0.15, 0.2) is 11.5 Å². The molecule has 2 heterocycles. The van der Waals surface area contributed by atoms with Crippen LogP contribution in [0.4, 0.5) is 14.5 Å². The van der Waals surface area contributed by atoms with E-state index in [1.54, 1.807) is 18.7 Å². The molecular formula is C15H17F2N3O4. The fraction of sp³-hybridized carbons (Fsp3) is 0.467. The van der Waals surface area contributed by atoms with Crippen LogP contribution in [0.2, 0.25) is 0 Å². The fourth-order valence-corrected chi connectivity index (χ4v) is 2.62. The Kier molecular flexibility index (Phi) is 3.83. The molecule has 2 aliphatic rings. The highest BCUT2D eigenvalue weighted by molar-refractivity contribution is 5.94. The molecule has 0 bridgehead atoms. The van der Waals surface area contributed by atoms with Crippen molar-refractivity contribution in [3.63, 3.8) is 0 Å². The van der Waals surface area contributed by atoms with Gasteiger partial charge in [0.25, 0.3) is 0 Å². The van der Waals surface area contributed by atoms with Crippen LogP contribution in [-0.2, 0) is 9.59 Å². The van der Waals surface area contributed by atoms with E-state index >= 15 is 0 Å². The molecule has 1 aromatic rings. The van der Waals surface area contributed by atoms with Crippen LogP contribution in [0.25, 0.3) is 0 Å². The highest BCUT2D eigenvalue weighted by Crippen LogP contribution is 2.42. The molecule has 2 amide bonds. The predicted molar refractivity (Wildman–Crippen MR) is 79.9 cm³/mol. The minimum atomic E-state index is -3.70. The van der Waals surface area contributed by atoms with Crippen LogP contribution in [0, 0.1) is 0 Å². The first-order valence-electron chi connectivity index (χ1n) is 7.40. The zero-order valence-electron chi connectivity index (χ0n) is 13.2. The summed E-state index contributed by atoms with van der Waals surface area (Å²) in [6.45, 7) is 4.48. The standard InChI is InChI=1S/C15H17F2N3O4/c1-14(2)13(22)18-5-6-20(14)8-12(21)19-9-3-4-10-11(7-9)24-15(16,17)23-10/h3-4,7H,5-6,8H2,1-2H3,(H,18,22)(H,19,21). The molecule has 24 heavy (non-hydrogen) atoms. The van der Waals surface area contributed by atoms with Gasteiger partial charge in [0, 0.05) is 24.8 Å². The molecule has 7 nitrogen and oxygen atoms in total. The third-order valence-electron chi connectivity index (χ3n) is 4.03. The highest BCUT2D eigenvalue weighted by Gasteiger charge is 2.43. The molecule has 0 aromatic heterocycles. The van der Waals surface area contributed by atoms with Gasteiger partial charge < -0.3 is 20.1 Å². The normalized spacial score (nSPS) is 21.2. The van der Waals surface area contributed by atoms with Gasteiger partial charge in [-0.05, 0) is 26.0 Å². The molecule has 0 atom stereocenters. The number of nitrogens with one attached hydrogen (secondary N) is 2. The number of halogens is 2. The van der Waals surface area contributed by atoms with Gasteiger partial charge in [0.2, 0.25) is 11.8 Å². The van der Waals surface area contributed by atoms with Crippen molar-refractivity contribution in [3.05, 3.63) is 18.2 Å². The van der Waals surface area contributed by atoms with Gasteiger partial charge in [-0.1, -0.05) is 0 Å². The Morgan fingerprint density at radius 1 is 1.33 bits per heavy atom. The maximum Gasteiger partial charge on any atom is 0.586 e. The van der Waals surface area contributed by atoms with E-state index < -0.39 is 11.8 Å². The first kappa shape index (κ1) is 16.4. The quantitative estimate of drug-likeness (QED) is 0.862. The summed E-state index contributed by atoms with van der Waals surface area (Å²) in [6, 6.07) is 4.00. The van der Waals surface area contributed by atoms with Gasteiger partial charge in [-0.2, -0.15) is 0 Å². The summed E-state index contributed by atoms with van der Waals surface area (Å²) in [7, 11) is 0. The number of nitrogens with zero attached hydrogens (tertiary/aromatic N) is 1. The molecule has 0 spiro atoms. The number of benzene rings is 1. The summed E-state index contributed by atoms with van der Waals surface area (Å²) < 4.78 is 34.6. The average Bonchev–Trinajstić information content (AvgIpc) is 2.77. The maximum atomic E-state index is 13.0. The zero-order valence-corrected chi connectivity index (χ0v) is 13.2. The van der Waals surface area contributed by atoms with Gasteiger partial charge in [0.05, 0.1) is 12.1 Å². The zero-order chi connectivity index (χ0) is 17.5. The van der Waals surface area contributed by atoms with Crippen LogP contribution in [0.15, 0.2) is 18.2 Å². The van der Waals surface area contributed by atoms with E-state index in [9.17, 15) is 18.4 Å². The van der Waals surface area contributed by atoms with Crippen LogP contribution >= 0.6 is 0 Å². The monoisotopic (exact) mass is 341 g/mol. The Hall–Kier alpha value is -2.42. The Bertz CT molecular complexity index is 693. The van der Waals surface area contributed by atoms with Crippen LogP contribution in [0.3, 0.4) is 0 Å². The molecule has 1 aromatic carbocycles. The van der Waals surface area contributed by atoms with E-state index in [-0.39, 0.29) is 29.9 Å². The minimum Gasteiger partial charge on any atom is -0.395 e. The average molecular weight is 341 g/mol. The van der Waals surface area contributed by atoms with E-state index in [0.717, 1.165) is 0 Å². The van der Waals surface area contributed by atoms with Crippen LogP contribution < -0.4 is 20.1 Å². The van der Waals surface area contributed by atoms with Crippen molar-refractivity contribution >= 4 is 17.5 Å². The molecule has 0 radical (unpaired) electrons. The number of piperazine rings is 1. The number of alkyl halides is 2. The van der Waals surface area contributed by atoms with Crippen molar-refractivity contribution in [3.8, 4) is 11.5 Å². The summed E-state index contributed by atoms with van der Waals surface area (Å²) in [5.74, 6) is -0.738. The summed E-state index contributed by atoms with van der Waals surface area (Å²) >= 11 is 0. The van der Waals surface area contributed by atoms with E-state index in [0.29, 0.717) is 18.8 Å². The highest BCUT2D eigenvalue weighted by atomic mass is 19.3. The number of ether oxygens (including phenoxy) is 2. The van der Waals surface area contributed by atoms with Crippen molar-refractivity contribution in [2.45, 2.75) is 25.7 Å². The molecular weight excluding hydrogens is 324 g/mol.